The van der Waals surface area contributed by atoms with Crippen molar-refractivity contribution in [3.63, 3.8) is 0 Å². The number of hydrogen-bond donors (Lipinski definition) is 1. The van der Waals surface area contributed by atoms with Crippen LogP contribution in [0.15, 0.2) is 40.6 Å². The fourth-order valence-corrected chi connectivity index (χ4v) is 3.45. The first kappa shape index (κ1) is 12.2. The average molecular weight is 263 g/mol. The zero-order chi connectivity index (χ0) is 12.3. The van der Waals surface area contributed by atoms with E-state index in [0.717, 1.165) is 10.6 Å². The molecule has 1 heterocycles. The van der Waals surface area contributed by atoms with Gasteiger partial charge in [-0.2, -0.15) is 0 Å². The second kappa shape index (κ2) is 5.38. The maximum atomic E-state index is 12.1. The summed E-state index contributed by atoms with van der Waals surface area (Å²) in [5.41, 5.74) is 6.96. The van der Waals surface area contributed by atoms with Gasteiger partial charge in [-0.25, -0.2) is 0 Å². The van der Waals surface area contributed by atoms with Crippen molar-refractivity contribution in [3.8, 4) is 0 Å². The highest BCUT2D eigenvalue weighted by Crippen LogP contribution is 2.28. The zero-order valence-corrected chi connectivity index (χ0v) is 11.1. The summed E-state index contributed by atoms with van der Waals surface area (Å²) in [6.45, 7) is 2.10. The van der Waals surface area contributed by atoms with Crippen molar-refractivity contribution in [3.05, 3.63) is 46.8 Å². The van der Waals surface area contributed by atoms with E-state index < -0.39 is 0 Å². The Kier molecular flexibility index (Phi) is 3.86. The van der Waals surface area contributed by atoms with Crippen LogP contribution in [-0.4, -0.2) is 11.5 Å². The molecule has 0 bridgehead atoms. The highest BCUT2D eigenvalue weighted by Gasteiger charge is 2.11. The Hall–Kier alpha value is -1.26. The van der Waals surface area contributed by atoms with Gasteiger partial charge in [-0.3, -0.25) is 4.79 Å². The monoisotopic (exact) mass is 263 g/mol. The van der Waals surface area contributed by atoms with Crippen molar-refractivity contribution in [2.75, 3.05) is 11.5 Å². The Labute approximate surface area is 109 Å². The fraction of sp³-hybridized carbons (Fsp3) is 0.154. The van der Waals surface area contributed by atoms with Gasteiger partial charge in [0.2, 0.25) is 5.78 Å². The van der Waals surface area contributed by atoms with Gasteiger partial charge < -0.3 is 5.73 Å². The van der Waals surface area contributed by atoms with Gasteiger partial charge in [0.25, 0.3) is 0 Å². The third-order valence-electron chi connectivity index (χ3n) is 2.26. The number of benzene rings is 1. The van der Waals surface area contributed by atoms with Gasteiger partial charge >= 0.3 is 0 Å². The molecule has 4 heteroatoms. The topological polar surface area (TPSA) is 43.1 Å². The number of nitrogens with two attached hydrogens (primary N) is 1. The van der Waals surface area contributed by atoms with Crippen molar-refractivity contribution in [1.29, 1.82) is 0 Å². The third-order valence-corrected chi connectivity index (χ3v) is 4.46. The van der Waals surface area contributed by atoms with E-state index in [2.05, 4.69) is 6.92 Å². The van der Waals surface area contributed by atoms with Crippen molar-refractivity contribution < 1.29 is 4.79 Å². The van der Waals surface area contributed by atoms with Crippen LogP contribution in [0, 0.1) is 0 Å². The lowest BCUT2D eigenvalue weighted by Crippen LogP contribution is -1.98. The summed E-state index contributed by atoms with van der Waals surface area (Å²) in [7, 11) is 0. The van der Waals surface area contributed by atoms with Crippen molar-refractivity contribution in [1.82, 2.24) is 0 Å². The van der Waals surface area contributed by atoms with Crippen LogP contribution in [0.25, 0.3) is 0 Å². The lowest BCUT2D eigenvalue weighted by molar-refractivity contribution is 0.104. The fourth-order valence-electron chi connectivity index (χ4n) is 1.44. The van der Waals surface area contributed by atoms with Crippen LogP contribution in [0.4, 0.5) is 5.69 Å². The van der Waals surface area contributed by atoms with Crippen LogP contribution in [0.2, 0.25) is 0 Å². The summed E-state index contributed by atoms with van der Waals surface area (Å²) in [5.74, 6) is 1.09. The minimum atomic E-state index is 0.0675. The number of anilines is 1. The zero-order valence-electron chi connectivity index (χ0n) is 9.47. The second-order valence-electron chi connectivity index (χ2n) is 3.50. The van der Waals surface area contributed by atoms with E-state index in [1.165, 1.54) is 4.21 Å². The van der Waals surface area contributed by atoms with Crippen LogP contribution in [0.1, 0.15) is 22.2 Å². The van der Waals surface area contributed by atoms with Gasteiger partial charge in [0, 0.05) is 11.3 Å². The van der Waals surface area contributed by atoms with Crippen LogP contribution in [0.3, 0.4) is 0 Å². The van der Waals surface area contributed by atoms with Gasteiger partial charge in [-0.15, -0.1) is 23.1 Å². The molecule has 1 aromatic carbocycles. The maximum Gasteiger partial charge on any atom is 0.202 e. The molecule has 2 rings (SSSR count). The Morgan fingerprint density at radius 2 is 1.94 bits per heavy atom. The van der Waals surface area contributed by atoms with E-state index in [4.69, 9.17) is 5.73 Å². The van der Waals surface area contributed by atoms with Crippen LogP contribution in [-0.2, 0) is 0 Å². The predicted octanol–water partition coefficient (Wildman–Crippen LogP) is 3.67. The normalized spacial score (nSPS) is 10.4. The summed E-state index contributed by atoms with van der Waals surface area (Å²) in [6.07, 6.45) is 0. The molecule has 2 aromatic rings. The molecule has 2 N–H and O–H groups in total. The lowest BCUT2D eigenvalue weighted by atomic mass is 10.1. The summed E-state index contributed by atoms with van der Waals surface area (Å²) < 4.78 is 1.19. The quantitative estimate of drug-likeness (QED) is 0.520. The number of hydrogen-bond acceptors (Lipinski definition) is 4. The highest BCUT2D eigenvalue weighted by atomic mass is 32.2. The van der Waals surface area contributed by atoms with Crippen LogP contribution >= 0.6 is 23.1 Å². The molecule has 0 unspecified atom stereocenters. The number of carbonyl (C=O) groups is 1. The SMILES string of the molecule is CCSc1ccc(C(=O)c2ccc(N)cc2)s1. The lowest BCUT2D eigenvalue weighted by Gasteiger charge is -1.98. The van der Waals surface area contributed by atoms with E-state index in [1.807, 2.05) is 12.1 Å². The minimum absolute atomic E-state index is 0.0675. The molecule has 0 saturated heterocycles. The number of rotatable bonds is 4. The standard InChI is InChI=1S/C13H13NOS2/c1-2-16-12-8-7-11(17-12)13(15)9-3-5-10(14)6-4-9/h3-8H,2,14H2,1H3. The Morgan fingerprint density at radius 1 is 1.24 bits per heavy atom. The number of carbonyl (C=O) groups excluding carboxylic acids is 1. The Bertz CT molecular complexity index is 516. The molecule has 0 atom stereocenters. The van der Waals surface area contributed by atoms with Gasteiger partial charge in [0.05, 0.1) is 9.09 Å². The molecular formula is C13H13NOS2. The molecule has 0 saturated carbocycles. The first-order valence-electron chi connectivity index (χ1n) is 5.33. The molecular weight excluding hydrogens is 250 g/mol. The predicted molar refractivity (Wildman–Crippen MR) is 75.0 cm³/mol. The Balaban J connectivity index is 2.21. The second-order valence-corrected chi connectivity index (χ2v) is 6.15. The molecule has 0 spiro atoms. The summed E-state index contributed by atoms with van der Waals surface area (Å²) >= 11 is 3.30. The number of ketones is 1. The molecule has 1 aromatic heterocycles. The van der Waals surface area contributed by atoms with Crippen LogP contribution in [0.5, 0.6) is 0 Å². The first-order chi connectivity index (χ1) is 8.20. The number of thiophene rings is 1. The largest absolute Gasteiger partial charge is 0.399 e. The molecule has 0 amide bonds. The summed E-state index contributed by atoms with van der Waals surface area (Å²) in [5, 5.41) is 0. The molecule has 88 valence electrons. The average Bonchev–Trinajstić information content (AvgIpc) is 2.78. The molecule has 2 nitrogen and oxygen atoms in total. The molecule has 0 aliphatic rings. The summed E-state index contributed by atoms with van der Waals surface area (Å²) in [6, 6.07) is 10.9. The highest BCUT2D eigenvalue weighted by molar-refractivity contribution is 8.01. The minimum Gasteiger partial charge on any atom is -0.399 e. The van der Waals surface area contributed by atoms with Crippen molar-refractivity contribution in [2.24, 2.45) is 0 Å². The Morgan fingerprint density at radius 3 is 2.59 bits per heavy atom. The van der Waals surface area contributed by atoms with Crippen molar-refractivity contribution in [2.45, 2.75) is 11.1 Å². The summed E-state index contributed by atoms with van der Waals surface area (Å²) in [4.78, 5) is 12.9. The van der Waals surface area contributed by atoms with Crippen molar-refractivity contribution >= 4 is 34.6 Å². The molecule has 0 fully saturated rings. The van der Waals surface area contributed by atoms with E-state index in [1.54, 1.807) is 47.4 Å². The maximum absolute atomic E-state index is 12.1. The molecule has 0 aliphatic heterocycles. The first-order valence-corrected chi connectivity index (χ1v) is 7.14. The molecule has 0 aliphatic carbocycles. The molecule has 17 heavy (non-hydrogen) atoms. The van der Waals surface area contributed by atoms with E-state index in [0.29, 0.717) is 11.3 Å². The van der Waals surface area contributed by atoms with E-state index in [-0.39, 0.29) is 5.78 Å². The number of thioether (sulfide) groups is 1. The van der Waals surface area contributed by atoms with E-state index >= 15 is 0 Å². The van der Waals surface area contributed by atoms with Gasteiger partial charge in [0.15, 0.2) is 0 Å². The van der Waals surface area contributed by atoms with Crippen LogP contribution < -0.4 is 5.73 Å². The third kappa shape index (κ3) is 2.90. The van der Waals surface area contributed by atoms with E-state index in [9.17, 15) is 4.79 Å². The molecule has 0 radical (unpaired) electrons. The number of nitrogen functional groups attached to an aromatic ring is 1. The smallest absolute Gasteiger partial charge is 0.202 e. The van der Waals surface area contributed by atoms with Gasteiger partial charge in [-0.05, 0) is 42.2 Å². The van der Waals surface area contributed by atoms with Gasteiger partial charge in [-0.1, -0.05) is 6.92 Å². The van der Waals surface area contributed by atoms with Gasteiger partial charge in [0.1, 0.15) is 0 Å².